The van der Waals surface area contributed by atoms with Gasteiger partial charge in [-0.05, 0) is 43.4 Å². The van der Waals surface area contributed by atoms with E-state index in [4.69, 9.17) is 15.2 Å². The zero-order valence-corrected chi connectivity index (χ0v) is 12.6. The van der Waals surface area contributed by atoms with Crippen LogP contribution in [0.3, 0.4) is 0 Å². The number of carboxylic acids is 1. The average Bonchev–Trinajstić information content (AvgIpc) is 2.47. The molecule has 0 saturated heterocycles. The Kier molecular flexibility index (Phi) is 4.73. The van der Waals surface area contributed by atoms with Gasteiger partial charge in [-0.3, -0.25) is 4.79 Å². The first-order chi connectivity index (χ1) is 9.98. The van der Waals surface area contributed by atoms with E-state index in [1.807, 2.05) is 18.2 Å². The number of benzene rings is 1. The number of aliphatic carboxylic acids is 1. The van der Waals surface area contributed by atoms with Crippen LogP contribution in [-0.2, 0) is 11.2 Å². The van der Waals surface area contributed by atoms with E-state index in [0.29, 0.717) is 24.3 Å². The molecular weight excluding hydrogens is 270 g/mol. The first kappa shape index (κ1) is 15.6. The number of methoxy groups -OCH3 is 1. The standard InChI is InChI=1S/C16H23NO4/c1-3-11-6-7-13(14(9-11)20-2)21-12-5-4-8-16(17,10-12)15(18)19/h6-7,9,12H,3-5,8,10,17H2,1-2H3,(H,18,19). The molecular formula is C16H23NO4. The number of hydrogen-bond acceptors (Lipinski definition) is 4. The quantitative estimate of drug-likeness (QED) is 0.871. The van der Waals surface area contributed by atoms with Gasteiger partial charge in [0.15, 0.2) is 11.5 Å². The Hall–Kier alpha value is -1.75. The van der Waals surface area contributed by atoms with Crippen molar-refractivity contribution in [2.75, 3.05) is 7.11 Å². The van der Waals surface area contributed by atoms with Gasteiger partial charge in [0, 0.05) is 6.42 Å². The molecule has 1 aliphatic rings. The lowest BCUT2D eigenvalue weighted by Gasteiger charge is -2.34. The molecule has 0 aromatic heterocycles. The summed E-state index contributed by atoms with van der Waals surface area (Å²) in [5, 5.41) is 9.25. The summed E-state index contributed by atoms with van der Waals surface area (Å²) in [6.07, 6.45) is 3.11. The highest BCUT2D eigenvalue weighted by atomic mass is 16.5. The van der Waals surface area contributed by atoms with Gasteiger partial charge < -0.3 is 20.3 Å². The van der Waals surface area contributed by atoms with E-state index in [2.05, 4.69) is 6.92 Å². The third-order valence-corrected chi connectivity index (χ3v) is 4.10. The van der Waals surface area contributed by atoms with Gasteiger partial charge in [0.2, 0.25) is 0 Å². The molecule has 0 aliphatic heterocycles. The molecule has 0 radical (unpaired) electrons. The van der Waals surface area contributed by atoms with E-state index >= 15 is 0 Å². The first-order valence-corrected chi connectivity index (χ1v) is 7.34. The fraction of sp³-hybridized carbons (Fsp3) is 0.562. The Morgan fingerprint density at radius 2 is 2.24 bits per heavy atom. The van der Waals surface area contributed by atoms with Crippen LogP contribution in [0.25, 0.3) is 0 Å². The zero-order valence-electron chi connectivity index (χ0n) is 12.6. The Labute approximate surface area is 125 Å². The molecule has 1 saturated carbocycles. The fourth-order valence-corrected chi connectivity index (χ4v) is 2.76. The molecule has 2 unspecified atom stereocenters. The summed E-state index contributed by atoms with van der Waals surface area (Å²) in [7, 11) is 1.60. The Bertz CT molecular complexity index is 517. The molecule has 1 aliphatic carbocycles. The van der Waals surface area contributed by atoms with Crippen LogP contribution in [0.5, 0.6) is 11.5 Å². The van der Waals surface area contributed by atoms with Crippen molar-refractivity contribution >= 4 is 5.97 Å². The molecule has 0 bridgehead atoms. The molecule has 0 amide bonds. The topological polar surface area (TPSA) is 81.8 Å². The summed E-state index contributed by atoms with van der Waals surface area (Å²) in [5.41, 5.74) is 5.94. The van der Waals surface area contributed by atoms with Crippen molar-refractivity contribution in [3.8, 4) is 11.5 Å². The zero-order chi connectivity index (χ0) is 15.5. The van der Waals surface area contributed by atoms with E-state index in [1.165, 1.54) is 5.56 Å². The maximum Gasteiger partial charge on any atom is 0.323 e. The van der Waals surface area contributed by atoms with Gasteiger partial charge in [0.05, 0.1) is 7.11 Å². The van der Waals surface area contributed by atoms with Crippen LogP contribution >= 0.6 is 0 Å². The molecule has 0 heterocycles. The lowest BCUT2D eigenvalue weighted by molar-refractivity contribution is -0.145. The number of aryl methyl sites for hydroxylation is 1. The van der Waals surface area contributed by atoms with Crippen molar-refractivity contribution in [2.45, 2.75) is 50.7 Å². The molecule has 2 atom stereocenters. The number of carboxylic acid groups (broad SMARTS) is 1. The molecule has 1 aromatic carbocycles. The number of ether oxygens (including phenoxy) is 2. The van der Waals surface area contributed by atoms with Crippen molar-refractivity contribution < 1.29 is 19.4 Å². The van der Waals surface area contributed by atoms with Crippen molar-refractivity contribution in [1.82, 2.24) is 0 Å². The van der Waals surface area contributed by atoms with Crippen LogP contribution in [0.2, 0.25) is 0 Å². The van der Waals surface area contributed by atoms with E-state index < -0.39 is 11.5 Å². The summed E-state index contributed by atoms with van der Waals surface area (Å²) in [4.78, 5) is 11.3. The molecule has 5 nitrogen and oxygen atoms in total. The minimum atomic E-state index is -1.18. The summed E-state index contributed by atoms with van der Waals surface area (Å²) in [6, 6.07) is 5.82. The summed E-state index contributed by atoms with van der Waals surface area (Å²) in [6.45, 7) is 2.08. The average molecular weight is 293 g/mol. The lowest BCUT2D eigenvalue weighted by Crippen LogP contribution is -2.53. The van der Waals surface area contributed by atoms with Crippen molar-refractivity contribution in [3.05, 3.63) is 23.8 Å². The molecule has 1 fully saturated rings. The SMILES string of the molecule is CCc1ccc(OC2CCCC(N)(C(=O)O)C2)c(OC)c1. The van der Waals surface area contributed by atoms with Crippen molar-refractivity contribution in [1.29, 1.82) is 0 Å². The van der Waals surface area contributed by atoms with Gasteiger partial charge in [-0.2, -0.15) is 0 Å². The van der Waals surface area contributed by atoms with Crippen LogP contribution in [-0.4, -0.2) is 29.8 Å². The number of rotatable bonds is 5. The molecule has 116 valence electrons. The summed E-state index contributed by atoms with van der Waals surface area (Å²) >= 11 is 0. The van der Waals surface area contributed by atoms with E-state index in [1.54, 1.807) is 7.11 Å². The highest BCUT2D eigenvalue weighted by molar-refractivity contribution is 5.78. The predicted molar refractivity (Wildman–Crippen MR) is 79.8 cm³/mol. The minimum Gasteiger partial charge on any atom is -0.493 e. The van der Waals surface area contributed by atoms with Crippen molar-refractivity contribution in [2.24, 2.45) is 5.73 Å². The van der Waals surface area contributed by atoms with Gasteiger partial charge in [-0.25, -0.2) is 0 Å². The maximum absolute atomic E-state index is 11.3. The third-order valence-electron chi connectivity index (χ3n) is 4.10. The third kappa shape index (κ3) is 3.47. The number of carbonyl (C=O) groups is 1. The minimum absolute atomic E-state index is 0.193. The number of hydrogen-bond donors (Lipinski definition) is 2. The maximum atomic E-state index is 11.3. The normalized spacial score (nSPS) is 25.4. The van der Waals surface area contributed by atoms with Crippen LogP contribution < -0.4 is 15.2 Å². The van der Waals surface area contributed by atoms with E-state index in [9.17, 15) is 9.90 Å². The van der Waals surface area contributed by atoms with E-state index in [-0.39, 0.29) is 6.10 Å². The fourth-order valence-electron chi connectivity index (χ4n) is 2.76. The van der Waals surface area contributed by atoms with Crippen LogP contribution in [0.1, 0.15) is 38.2 Å². The summed E-state index contributed by atoms with van der Waals surface area (Å²) < 4.78 is 11.3. The highest BCUT2D eigenvalue weighted by Gasteiger charge is 2.40. The van der Waals surface area contributed by atoms with Crippen molar-refractivity contribution in [3.63, 3.8) is 0 Å². The Balaban J connectivity index is 2.12. The smallest absolute Gasteiger partial charge is 0.323 e. The van der Waals surface area contributed by atoms with Gasteiger partial charge in [-0.1, -0.05) is 13.0 Å². The van der Waals surface area contributed by atoms with Crippen LogP contribution in [0.15, 0.2) is 18.2 Å². The monoisotopic (exact) mass is 293 g/mol. The van der Waals surface area contributed by atoms with E-state index in [0.717, 1.165) is 19.3 Å². The van der Waals surface area contributed by atoms with Gasteiger partial charge in [0.1, 0.15) is 11.6 Å². The molecule has 0 spiro atoms. The molecule has 2 rings (SSSR count). The Morgan fingerprint density at radius 1 is 1.48 bits per heavy atom. The van der Waals surface area contributed by atoms with Crippen LogP contribution in [0.4, 0.5) is 0 Å². The second-order valence-corrected chi connectivity index (χ2v) is 5.64. The lowest BCUT2D eigenvalue weighted by atomic mass is 9.81. The largest absolute Gasteiger partial charge is 0.493 e. The molecule has 1 aromatic rings. The second kappa shape index (κ2) is 6.35. The highest BCUT2D eigenvalue weighted by Crippen LogP contribution is 2.34. The molecule has 3 N–H and O–H groups in total. The second-order valence-electron chi connectivity index (χ2n) is 5.64. The molecule has 21 heavy (non-hydrogen) atoms. The first-order valence-electron chi connectivity index (χ1n) is 7.34. The summed E-state index contributed by atoms with van der Waals surface area (Å²) in [5.74, 6) is 0.372. The van der Waals surface area contributed by atoms with Gasteiger partial charge >= 0.3 is 5.97 Å². The predicted octanol–water partition coefficient (Wildman–Crippen LogP) is 2.36. The Morgan fingerprint density at radius 3 is 2.86 bits per heavy atom. The van der Waals surface area contributed by atoms with Gasteiger partial charge in [-0.15, -0.1) is 0 Å². The molecule has 5 heteroatoms. The van der Waals surface area contributed by atoms with Crippen LogP contribution in [0, 0.1) is 0 Å². The van der Waals surface area contributed by atoms with Gasteiger partial charge in [0.25, 0.3) is 0 Å². The number of nitrogens with two attached hydrogens (primary N) is 1.